The molecule has 108 valence electrons. The lowest BCUT2D eigenvalue weighted by atomic mass is 9.78. The molecule has 0 heterocycles. The third-order valence-electron chi connectivity index (χ3n) is 4.03. The van der Waals surface area contributed by atoms with E-state index in [1.807, 2.05) is 12.1 Å². The van der Waals surface area contributed by atoms with Crippen LogP contribution >= 0.6 is 0 Å². The molecule has 19 heavy (non-hydrogen) atoms. The smallest absolute Gasteiger partial charge is 0.118 e. The van der Waals surface area contributed by atoms with Crippen molar-refractivity contribution >= 4 is 0 Å². The minimum atomic E-state index is -0.212. The van der Waals surface area contributed by atoms with Crippen molar-refractivity contribution < 1.29 is 9.84 Å². The van der Waals surface area contributed by atoms with Gasteiger partial charge in [0.2, 0.25) is 0 Å². The molecule has 2 nitrogen and oxygen atoms in total. The molecule has 0 aliphatic rings. The Kier molecular flexibility index (Phi) is 5.86. The van der Waals surface area contributed by atoms with Crippen LogP contribution in [0.1, 0.15) is 46.1 Å². The van der Waals surface area contributed by atoms with Gasteiger partial charge in [0.25, 0.3) is 0 Å². The van der Waals surface area contributed by atoms with Crippen LogP contribution in [0.25, 0.3) is 0 Å². The highest BCUT2D eigenvalue weighted by Gasteiger charge is 2.22. The molecule has 1 N–H and O–H groups in total. The van der Waals surface area contributed by atoms with Crippen LogP contribution < -0.4 is 4.74 Å². The maximum atomic E-state index is 10.1. The standard InChI is InChI=1S/C17H28O2/c1-13(17(2,3)4)12-15(18)9-6-14-7-10-16(19-5)11-8-14/h7-8,10-11,13,15,18H,6,9,12H2,1-5H3. The zero-order valence-electron chi connectivity index (χ0n) is 12.9. The van der Waals surface area contributed by atoms with E-state index in [-0.39, 0.29) is 11.5 Å². The molecule has 0 aromatic heterocycles. The van der Waals surface area contributed by atoms with E-state index in [1.54, 1.807) is 7.11 Å². The Balaban J connectivity index is 2.39. The van der Waals surface area contributed by atoms with E-state index in [2.05, 4.69) is 39.8 Å². The quantitative estimate of drug-likeness (QED) is 0.839. The number of aryl methyl sites for hydroxylation is 1. The van der Waals surface area contributed by atoms with Crippen LogP contribution in [0.15, 0.2) is 24.3 Å². The van der Waals surface area contributed by atoms with Crippen LogP contribution in [0, 0.1) is 11.3 Å². The lowest BCUT2D eigenvalue weighted by Gasteiger charge is -2.29. The van der Waals surface area contributed by atoms with Crippen molar-refractivity contribution in [1.82, 2.24) is 0 Å². The second-order valence-electron chi connectivity index (χ2n) is 6.54. The Morgan fingerprint density at radius 3 is 2.21 bits per heavy atom. The molecule has 0 radical (unpaired) electrons. The van der Waals surface area contributed by atoms with E-state index >= 15 is 0 Å². The number of rotatable bonds is 6. The van der Waals surface area contributed by atoms with E-state index in [9.17, 15) is 5.11 Å². The molecule has 1 aromatic rings. The van der Waals surface area contributed by atoms with Gasteiger partial charge in [-0.1, -0.05) is 39.8 Å². The summed E-state index contributed by atoms with van der Waals surface area (Å²) in [5, 5.41) is 10.1. The molecule has 0 saturated heterocycles. The lowest BCUT2D eigenvalue weighted by Crippen LogP contribution is -2.23. The molecule has 0 fully saturated rings. The lowest BCUT2D eigenvalue weighted by molar-refractivity contribution is 0.103. The summed E-state index contributed by atoms with van der Waals surface area (Å²) in [6.07, 6.45) is 2.41. The minimum absolute atomic E-state index is 0.212. The fraction of sp³-hybridized carbons (Fsp3) is 0.647. The monoisotopic (exact) mass is 264 g/mol. The molecule has 0 aliphatic carbocycles. The molecule has 1 aromatic carbocycles. The number of benzene rings is 1. The van der Waals surface area contributed by atoms with E-state index in [1.165, 1.54) is 5.56 Å². The number of hydrogen-bond acceptors (Lipinski definition) is 2. The van der Waals surface area contributed by atoms with E-state index in [4.69, 9.17) is 4.74 Å². The number of methoxy groups -OCH3 is 1. The summed E-state index contributed by atoms with van der Waals surface area (Å²) in [4.78, 5) is 0. The first-order chi connectivity index (χ1) is 8.82. The van der Waals surface area contributed by atoms with Crippen molar-refractivity contribution in [3.05, 3.63) is 29.8 Å². The second kappa shape index (κ2) is 6.95. The largest absolute Gasteiger partial charge is 0.497 e. The van der Waals surface area contributed by atoms with Gasteiger partial charge < -0.3 is 9.84 Å². The molecule has 2 heteroatoms. The molecule has 0 aliphatic heterocycles. The van der Waals surface area contributed by atoms with Crippen LogP contribution in [0.3, 0.4) is 0 Å². The molecule has 1 rings (SSSR count). The van der Waals surface area contributed by atoms with Crippen molar-refractivity contribution in [3.8, 4) is 5.75 Å². The van der Waals surface area contributed by atoms with Crippen molar-refractivity contribution in [1.29, 1.82) is 0 Å². The van der Waals surface area contributed by atoms with Gasteiger partial charge in [-0.2, -0.15) is 0 Å². The Labute approximate surface area is 117 Å². The molecular weight excluding hydrogens is 236 g/mol. The Hall–Kier alpha value is -1.02. The maximum Gasteiger partial charge on any atom is 0.118 e. The van der Waals surface area contributed by atoms with Gasteiger partial charge in [-0.3, -0.25) is 0 Å². The summed E-state index contributed by atoms with van der Waals surface area (Å²) in [5.41, 5.74) is 1.52. The zero-order valence-corrected chi connectivity index (χ0v) is 12.9. The first-order valence-electron chi connectivity index (χ1n) is 7.14. The van der Waals surface area contributed by atoms with Gasteiger partial charge in [-0.25, -0.2) is 0 Å². The summed E-state index contributed by atoms with van der Waals surface area (Å²) >= 11 is 0. The SMILES string of the molecule is COc1ccc(CCC(O)CC(C)C(C)(C)C)cc1. The average molecular weight is 264 g/mol. The van der Waals surface area contributed by atoms with Gasteiger partial charge in [0.05, 0.1) is 13.2 Å². The van der Waals surface area contributed by atoms with Crippen LogP contribution in [0.5, 0.6) is 5.75 Å². The third-order valence-corrected chi connectivity index (χ3v) is 4.03. The fourth-order valence-corrected chi connectivity index (χ4v) is 2.01. The normalized spacial score (nSPS) is 15.1. The van der Waals surface area contributed by atoms with Gasteiger partial charge in [0, 0.05) is 0 Å². The highest BCUT2D eigenvalue weighted by Crippen LogP contribution is 2.29. The van der Waals surface area contributed by atoms with E-state index in [0.29, 0.717) is 5.92 Å². The summed E-state index contributed by atoms with van der Waals surface area (Å²) < 4.78 is 5.14. The van der Waals surface area contributed by atoms with Crippen molar-refractivity contribution in [2.75, 3.05) is 7.11 Å². The second-order valence-corrected chi connectivity index (χ2v) is 6.54. The third kappa shape index (κ3) is 5.65. The molecule has 0 saturated carbocycles. The van der Waals surface area contributed by atoms with E-state index in [0.717, 1.165) is 25.0 Å². The van der Waals surface area contributed by atoms with Crippen molar-refractivity contribution in [3.63, 3.8) is 0 Å². The maximum absolute atomic E-state index is 10.1. The van der Waals surface area contributed by atoms with Crippen LogP contribution in [-0.2, 0) is 6.42 Å². The van der Waals surface area contributed by atoms with Crippen molar-refractivity contribution in [2.24, 2.45) is 11.3 Å². The van der Waals surface area contributed by atoms with Gasteiger partial charge in [-0.15, -0.1) is 0 Å². The summed E-state index contributed by atoms with van der Waals surface area (Å²) in [7, 11) is 1.67. The summed E-state index contributed by atoms with van der Waals surface area (Å²) in [5.74, 6) is 1.41. The molecular formula is C17H28O2. The predicted octanol–water partition coefficient (Wildman–Crippen LogP) is 4.06. The molecule has 0 amide bonds. The molecule has 0 bridgehead atoms. The van der Waals surface area contributed by atoms with Gasteiger partial charge in [0.1, 0.15) is 5.75 Å². The Bertz CT molecular complexity index is 362. The number of aliphatic hydroxyl groups excluding tert-OH is 1. The molecule has 2 atom stereocenters. The highest BCUT2D eigenvalue weighted by molar-refractivity contribution is 5.27. The molecule has 0 spiro atoms. The minimum Gasteiger partial charge on any atom is -0.497 e. The number of aliphatic hydroxyl groups is 1. The van der Waals surface area contributed by atoms with Crippen LogP contribution in [-0.4, -0.2) is 18.3 Å². The van der Waals surface area contributed by atoms with Crippen LogP contribution in [0.2, 0.25) is 0 Å². The average Bonchev–Trinajstić information content (AvgIpc) is 2.35. The van der Waals surface area contributed by atoms with Crippen molar-refractivity contribution in [2.45, 2.75) is 53.1 Å². The van der Waals surface area contributed by atoms with E-state index < -0.39 is 0 Å². The Morgan fingerprint density at radius 2 is 1.74 bits per heavy atom. The van der Waals surface area contributed by atoms with Gasteiger partial charge in [-0.05, 0) is 48.3 Å². The number of ether oxygens (including phenoxy) is 1. The van der Waals surface area contributed by atoms with Crippen LogP contribution in [0.4, 0.5) is 0 Å². The first-order valence-corrected chi connectivity index (χ1v) is 7.14. The van der Waals surface area contributed by atoms with Gasteiger partial charge >= 0.3 is 0 Å². The summed E-state index contributed by atoms with van der Waals surface area (Å²) in [6.45, 7) is 8.91. The summed E-state index contributed by atoms with van der Waals surface area (Å²) in [6, 6.07) is 8.08. The highest BCUT2D eigenvalue weighted by atomic mass is 16.5. The first kappa shape index (κ1) is 16.0. The predicted molar refractivity (Wildman–Crippen MR) is 80.6 cm³/mol. The topological polar surface area (TPSA) is 29.5 Å². The Morgan fingerprint density at radius 1 is 1.16 bits per heavy atom. The zero-order chi connectivity index (χ0) is 14.5. The molecule has 2 unspecified atom stereocenters. The fourth-order valence-electron chi connectivity index (χ4n) is 2.01. The van der Waals surface area contributed by atoms with Gasteiger partial charge in [0.15, 0.2) is 0 Å². The number of hydrogen-bond donors (Lipinski definition) is 1.